The highest BCUT2D eigenvalue weighted by molar-refractivity contribution is 5.80. The molecule has 12 heavy (non-hydrogen) atoms. The van der Waals surface area contributed by atoms with E-state index < -0.39 is 0 Å². The van der Waals surface area contributed by atoms with Crippen molar-refractivity contribution in [3.05, 3.63) is 0 Å². The highest BCUT2D eigenvalue weighted by Crippen LogP contribution is 2.57. The van der Waals surface area contributed by atoms with Gasteiger partial charge in [-0.2, -0.15) is 0 Å². The zero-order valence-corrected chi connectivity index (χ0v) is 7.94. The van der Waals surface area contributed by atoms with E-state index in [1.807, 2.05) is 6.92 Å². The van der Waals surface area contributed by atoms with Gasteiger partial charge < -0.3 is 0 Å². The van der Waals surface area contributed by atoms with E-state index in [1.54, 1.807) is 0 Å². The number of carbonyl (C=O) groups excluding carboxylic acids is 1. The van der Waals surface area contributed by atoms with Gasteiger partial charge in [0.05, 0.1) is 0 Å². The van der Waals surface area contributed by atoms with Crippen LogP contribution in [0, 0.1) is 11.3 Å². The first-order valence-corrected chi connectivity index (χ1v) is 5.28. The third-order valence-corrected chi connectivity index (χ3v) is 3.81. The van der Waals surface area contributed by atoms with Crippen LogP contribution in [0.5, 0.6) is 0 Å². The van der Waals surface area contributed by atoms with E-state index in [0.29, 0.717) is 11.7 Å². The SMILES string of the molecule is CCC(=O)C1CCC2(CC1)CC2. The van der Waals surface area contributed by atoms with Crippen LogP contribution in [-0.4, -0.2) is 5.78 Å². The number of Topliss-reactive ketones (excluding diaryl/α,β-unsaturated/α-hetero) is 1. The molecule has 0 unspecified atom stereocenters. The molecule has 0 aromatic rings. The van der Waals surface area contributed by atoms with Gasteiger partial charge in [0.25, 0.3) is 0 Å². The van der Waals surface area contributed by atoms with Crippen LogP contribution < -0.4 is 0 Å². The first-order chi connectivity index (χ1) is 5.76. The molecule has 0 atom stereocenters. The molecule has 0 amide bonds. The van der Waals surface area contributed by atoms with E-state index in [9.17, 15) is 4.79 Å². The molecule has 2 rings (SSSR count). The van der Waals surface area contributed by atoms with Crippen molar-refractivity contribution in [1.29, 1.82) is 0 Å². The largest absolute Gasteiger partial charge is 0.299 e. The highest BCUT2D eigenvalue weighted by Gasteiger charge is 2.45. The number of carbonyl (C=O) groups is 1. The molecule has 1 spiro atoms. The third-order valence-electron chi connectivity index (χ3n) is 3.81. The lowest BCUT2D eigenvalue weighted by atomic mass is 9.77. The smallest absolute Gasteiger partial charge is 0.135 e. The lowest BCUT2D eigenvalue weighted by Crippen LogP contribution is -2.21. The minimum atomic E-state index is 0.432. The molecule has 0 aliphatic heterocycles. The molecule has 0 N–H and O–H groups in total. The Bertz CT molecular complexity index is 181. The molecule has 2 aliphatic carbocycles. The van der Waals surface area contributed by atoms with Gasteiger partial charge in [-0.1, -0.05) is 6.92 Å². The van der Waals surface area contributed by atoms with E-state index in [2.05, 4.69) is 0 Å². The van der Waals surface area contributed by atoms with Crippen molar-refractivity contribution < 1.29 is 4.79 Å². The topological polar surface area (TPSA) is 17.1 Å². The Morgan fingerprint density at radius 1 is 1.25 bits per heavy atom. The fraction of sp³-hybridized carbons (Fsp3) is 0.909. The molecule has 0 aromatic carbocycles. The quantitative estimate of drug-likeness (QED) is 0.616. The highest BCUT2D eigenvalue weighted by atomic mass is 16.1. The molecule has 2 aliphatic rings. The second-order valence-electron chi connectivity index (χ2n) is 4.59. The maximum atomic E-state index is 11.4. The third kappa shape index (κ3) is 1.41. The average Bonchev–Trinajstić information content (AvgIpc) is 2.85. The lowest BCUT2D eigenvalue weighted by molar-refractivity contribution is -0.123. The van der Waals surface area contributed by atoms with Gasteiger partial charge in [-0.15, -0.1) is 0 Å². The molecule has 2 fully saturated rings. The minimum Gasteiger partial charge on any atom is -0.299 e. The van der Waals surface area contributed by atoms with Crippen molar-refractivity contribution in [1.82, 2.24) is 0 Å². The fourth-order valence-corrected chi connectivity index (χ4v) is 2.52. The summed E-state index contributed by atoms with van der Waals surface area (Å²) in [6.07, 6.45) is 8.68. The second-order valence-corrected chi connectivity index (χ2v) is 4.59. The van der Waals surface area contributed by atoms with Crippen LogP contribution in [0.1, 0.15) is 51.9 Å². The van der Waals surface area contributed by atoms with Crippen molar-refractivity contribution in [3.63, 3.8) is 0 Å². The molecule has 1 nitrogen and oxygen atoms in total. The summed E-state index contributed by atoms with van der Waals surface area (Å²) in [6.45, 7) is 1.99. The molecule has 0 heterocycles. The maximum Gasteiger partial charge on any atom is 0.135 e. The van der Waals surface area contributed by atoms with Crippen molar-refractivity contribution in [2.45, 2.75) is 51.9 Å². The van der Waals surface area contributed by atoms with Crippen molar-refractivity contribution in [2.75, 3.05) is 0 Å². The van der Waals surface area contributed by atoms with Gasteiger partial charge in [-0.05, 0) is 43.9 Å². The predicted octanol–water partition coefficient (Wildman–Crippen LogP) is 2.94. The summed E-state index contributed by atoms with van der Waals surface area (Å²) in [4.78, 5) is 11.4. The van der Waals surface area contributed by atoms with E-state index in [4.69, 9.17) is 0 Å². The molecule has 68 valence electrons. The standard InChI is InChI=1S/C11H18O/c1-2-10(12)9-3-5-11(6-4-9)7-8-11/h9H,2-8H2,1H3. The first-order valence-electron chi connectivity index (χ1n) is 5.28. The molecular formula is C11H18O. The van der Waals surface area contributed by atoms with Crippen molar-refractivity contribution >= 4 is 5.78 Å². The van der Waals surface area contributed by atoms with Crippen LogP contribution in [0.15, 0.2) is 0 Å². The molecule has 2 saturated carbocycles. The Morgan fingerprint density at radius 3 is 2.25 bits per heavy atom. The number of hydrogen-bond acceptors (Lipinski definition) is 1. The number of ketones is 1. The summed E-state index contributed by atoms with van der Waals surface area (Å²) in [5, 5.41) is 0. The minimum absolute atomic E-state index is 0.432. The summed E-state index contributed by atoms with van der Waals surface area (Å²) in [7, 11) is 0. The molecule has 0 radical (unpaired) electrons. The summed E-state index contributed by atoms with van der Waals surface area (Å²) in [5.41, 5.74) is 0.741. The summed E-state index contributed by atoms with van der Waals surface area (Å²) in [5.74, 6) is 0.937. The monoisotopic (exact) mass is 166 g/mol. The van der Waals surface area contributed by atoms with Crippen LogP contribution >= 0.6 is 0 Å². The fourth-order valence-electron chi connectivity index (χ4n) is 2.52. The Balaban J connectivity index is 1.85. The van der Waals surface area contributed by atoms with Crippen LogP contribution in [0.25, 0.3) is 0 Å². The predicted molar refractivity (Wildman–Crippen MR) is 48.9 cm³/mol. The van der Waals surface area contributed by atoms with Gasteiger partial charge in [0.2, 0.25) is 0 Å². The molecule has 1 heteroatoms. The van der Waals surface area contributed by atoms with Crippen molar-refractivity contribution in [3.8, 4) is 0 Å². The van der Waals surface area contributed by atoms with E-state index in [1.165, 1.54) is 38.5 Å². The molecular weight excluding hydrogens is 148 g/mol. The summed E-state index contributed by atoms with van der Waals surface area (Å²) >= 11 is 0. The normalized spacial score (nSPS) is 27.4. The summed E-state index contributed by atoms with van der Waals surface area (Å²) < 4.78 is 0. The van der Waals surface area contributed by atoms with Gasteiger partial charge >= 0.3 is 0 Å². The first kappa shape index (κ1) is 8.28. The van der Waals surface area contributed by atoms with Gasteiger partial charge in [0, 0.05) is 12.3 Å². The van der Waals surface area contributed by atoms with Gasteiger partial charge in [0.15, 0.2) is 0 Å². The number of rotatable bonds is 2. The van der Waals surface area contributed by atoms with Crippen LogP contribution in [0.2, 0.25) is 0 Å². The molecule has 0 aromatic heterocycles. The van der Waals surface area contributed by atoms with E-state index >= 15 is 0 Å². The van der Waals surface area contributed by atoms with Crippen LogP contribution in [0.4, 0.5) is 0 Å². The van der Waals surface area contributed by atoms with Gasteiger partial charge in [-0.3, -0.25) is 4.79 Å². The van der Waals surface area contributed by atoms with E-state index in [0.717, 1.165) is 11.8 Å². The van der Waals surface area contributed by atoms with Crippen LogP contribution in [-0.2, 0) is 4.79 Å². The Labute approximate surface area is 74.5 Å². The van der Waals surface area contributed by atoms with Crippen LogP contribution in [0.3, 0.4) is 0 Å². The second kappa shape index (κ2) is 2.86. The zero-order valence-electron chi connectivity index (χ0n) is 7.94. The molecule has 0 saturated heterocycles. The zero-order chi connectivity index (χ0) is 8.60. The summed E-state index contributed by atoms with van der Waals surface area (Å²) in [6, 6.07) is 0. The Hall–Kier alpha value is -0.330. The Kier molecular flexibility index (Phi) is 1.97. The van der Waals surface area contributed by atoms with E-state index in [-0.39, 0.29) is 0 Å². The molecule has 0 bridgehead atoms. The maximum absolute atomic E-state index is 11.4. The Morgan fingerprint density at radius 2 is 1.83 bits per heavy atom. The lowest BCUT2D eigenvalue weighted by Gasteiger charge is -2.27. The number of hydrogen-bond donors (Lipinski definition) is 0. The van der Waals surface area contributed by atoms with Crippen molar-refractivity contribution in [2.24, 2.45) is 11.3 Å². The van der Waals surface area contributed by atoms with Gasteiger partial charge in [-0.25, -0.2) is 0 Å². The average molecular weight is 166 g/mol. The van der Waals surface area contributed by atoms with Gasteiger partial charge in [0.1, 0.15) is 5.78 Å².